The smallest absolute Gasteiger partial charge is 0.247 e. The molecule has 0 saturated carbocycles. The number of Topliss-reactive ketones (excluding diaryl/α,β-unsaturated/α-hetero) is 1. The number of ketones is 1. The Morgan fingerprint density at radius 2 is 1.89 bits per heavy atom. The molecular formula is C14H15NO3. The summed E-state index contributed by atoms with van der Waals surface area (Å²) in [5.74, 6) is -0.932. The van der Waals surface area contributed by atoms with Crippen LogP contribution in [0.3, 0.4) is 0 Å². The van der Waals surface area contributed by atoms with Crippen LogP contribution in [-0.2, 0) is 14.4 Å². The van der Waals surface area contributed by atoms with Crippen molar-refractivity contribution in [3.63, 3.8) is 0 Å². The molecular weight excluding hydrogens is 230 g/mol. The highest BCUT2D eigenvalue weighted by atomic mass is 16.2. The van der Waals surface area contributed by atoms with E-state index < -0.39 is 11.3 Å². The van der Waals surface area contributed by atoms with E-state index >= 15 is 0 Å². The van der Waals surface area contributed by atoms with Crippen molar-refractivity contribution in [2.45, 2.75) is 26.7 Å². The monoisotopic (exact) mass is 245 g/mol. The summed E-state index contributed by atoms with van der Waals surface area (Å²) in [5, 5.41) is 0. The third-order valence-corrected chi connectivity index (χ3v) is 3.61. The molecule has 1 aromatic rings. The number of rotatable bonds is 3. The normalized spacial score (nSPS) is 23.6. The van der Waals surface area contributed by atoms with Crippen molar-refractivity contribution in [2.75, 3.05) is 4.90 Å². The van der Waals surface area contributed by atoms with Crippen LogP contribution in [0, 0.1) is 5.41 Å². The van der Waals surface area contributed by atoms with Crippen molar-refractivity contribution in [2.24, 2.45) is 5.41 Å². The highest BCUT2D eigenvalue weighted by molar-refractivity contribution is 6.29. The Morgan fingerprint density at radius 3 is 2.33 bits per heavy atom. The summed E-state index contributed by atoms with van der Waals surface area (Å²) in [6.07, 6.45) is 0.336. The molecule has 0 aliphatic carbocycles. The first-order valence-corrected chi connectivity index (χ1v) is 5.96. The second-order valence-electron chi connectivity index (χ2n) is 4.54. The largest absolute Gasteiger partial charge is 0.299 e. The van der Waals surface area contributed by atoms with Crippen molar-refractivity contribution >= 4 is 23.3 Å². The van der Waals surface area contributed by atoms with Gasteiger partial charge in [-0.1, -0.05) is 25.1 Å². The molecule has 1 unspecified atom stereocenters. The van der Waals surface area contributed by atoms with E-state index in [0.717, 1.165) is 4.90 Å². The van der Waals surface area contributed by atoms with Crippen LogP contribution in [0.4, 0.5) is 5.69 Å². The predicted molar refractivity (Wildman–Crippen MR) is 67.0 cm³/mol. The molecule has 0 spiro atoms. The van der Waals surface area contributed by atoms with Crippen LogP contribution in [0.5, 0.6) is 0 Å². The number of benzene rings is 1. The molecule has 18 heavy (non-hydrogen) atoms. The van der Waals surface area contributed by atoms with E-state index in [4.69, 9.17) is 0 Å². The number of carbonyl (C=O) groups is 3. The molecule has 1 aliphatic heterocycles. The second kappa shape index (κ2) is 4.37. The summed E-state index contributed by atoms with van der Waals surface area (Å²) in [6, 6.07) is 8.72. The van der Waals surface area contributed by atoms with Gasteiger partial charge in [-0.05, 0) is 25.5 Å². The molecule has 1 saturated heterocycles. The van der Waals surface area contributed by atoms with Gasteiger partial charge in [0.1, 0.15) is 11.2 Å². The van der Waals surface area contributed by atoms with E-state index in [1.165, 1.54) is 6.92 Å². The fraction of sp³-hybridized carbons (Fsp3) is 0.357. The third kappa shape index (κ3) is 1.65. The Hall–Kier alpha value is -1.97. The van der Waals surface area contributed by atoms with Crippen molar-refractivity contribution in [3.05, 3.63) is 30.3 Å². The summed E-state index contributed by atoms with van der Waals surface area (Å²) < 4.78 is 0. The topological polar surface area (TPSA) is 54.5 Å². The summed E-state index contributed by atoms with van der Waals surface area (Å²) in [7, 11) is 0. The highest BCUT2D eigenvalue weighted by Gasteiger charge is 2.54. The zero-order chi connectivity index (χ0) is 13.3. The van der Waals surface area contributed by atoms with E-state index in [2.05, 4.69) is 0 Å². The minimum Gasteiger partial charge on any atom is -0.299 e. The maximum atomic E-state index is 12.4. The van der Waals surface area contributed by atoms with Crippen LogP contribution in [0.25, 0.3) is 0 Å². The zero-order valence-electron chi connectivity index (χ0n) is 10.5. The van der Waals surface area contributed by atoms with Gasteiger partial charge in [-0.2, -0.15) is 0 Å². The first kappa shape index (κ1) is 12.5. The van der Waals surface area contributed by atoms with Gasteiger partial charge in [0.15, 0.2) is 0 Å². The Labute approximate surface area is 106 Å². The number of carbonyl (C=O) groups excluding carboxylic acids is 3. The minimum atomic E-state index is -1.16. The predicted octanol–water partition coefficient (Wildman–Crippen LogP) is 1.94. The fourth-order valence-corrected chi connectivity index (χ4v) is 2.38. The van der Waals surface area contributed by atoms with Crippen molar-refractivity contribution in [3.8, 4) is 0 Å². The van der Waals surface area contributed by atoms with Gasteiger partial charge in [-0.3, -0.25) is 14.4 Å². The van der Waals surface area contributed by atoms with E-state index in [0.29, 0.717) is 12.1 Å². The third-order valence-electron chi connectivity index (χ3n) is 3.61. The zero-order valence-corrected chi connectivity index (χ0v) is 10.5. The van der Waals surface area contributed by atoms with Crippen LogP contribution in [0.2, 0.25) is 0 Å². The van der Waals surface area contributed by atoms with E-state index in [-0.39, 0.29) is 18.1 Å². The molecule has 1 heterocycles. The first-order chi connectivity index (χ1) is 8.53. The first-order valence-electron chi connectivity index (χ1n) is 5.96. The van der Waals surface area contributed by atoms with Crippen molar-refractivity contribution in [1.82, 2.24) is 0 Å². The van der Waals surface area contributed by atoms with Crippen molar-refractivity contribution < 1.29 is 14.4 Å². The number of amides is 2. The number of hydrogen-bond acceptors (Lipinski definition) is 3. The summed E-state index contributed by atoms with van der Waals surface area (Å²) >= 11 is 0. The molecule has 1 aromatic carbocycles. The lowest BCUT2D eigenvalue weighted by atomic mass is 9.80. The average molecular weight is 245 g/mol. The van der Waals surface area contributed by atoms with Crippen LogP contribution < -0.4 is 4.90 Å². The molecule has 2 amide bonds. The summed E-state index contributed by atoms with van der Waals surface area (Å²) in [5.41, 5.74) is -0.628. The molecule has 0 N–H and O–H groups in total. The van der Waals surface area contributed by atoms with E-state index in [1.807, 2.05) is 6.07 Å². The molecule has 0 bridgehead atoms. The lowest BCUT2D eigenvalue weighted by Gasteiger charge is -2.22. The number of para-hydroxylation sites is 1. The molecule has 0 radical (unpaired) electrons. The van der Waals surface area contributed by atoms with Gasteiger partial charge in [0.05, 0.1) is 5.69 Å². The van der Waals surface area contributed by atoms with Gasteiger partial charge in [0.25, 0.3) is 0 Å². The van der Waals surface area contributed by atoms with Gasteiger partial charge in [0, 0.05) is 6.42 Å². The quantitative estimate of drug-likeness (QED) is 0.604. The summed E-state index contributed by atoms with van der Waals surface area (Å²) in [6.45, 7) is 3.14. The number of nitrogens with zero attached hydrogens (tertiary/aromatic N) is 1. The SMILES string of the molecule is CCC1(C(C)=O)CC(=O)N(c2ccccc2)C1=O. The minimum absolute atomic E-state index is 0.0213. The van der Waals surface area contributed by atoms with Gasteiger partial charge >= 0.3 is 0 Å². The van der Waals surface area contributed by atoms with Gasteiger partial charge in [0.2, 0.25) is 11.8 Å². The Balaban J connectivity index is 2.45. The molecule has 1 aliphatic rings. The Bertz CT molecular complexity index is 509. The van der Waals surface area contributed by atoms with Gasteiger partial charge < -0.3 is 0 Å². The maximum absolute atomic E-state index is 12.4. The maximum Gasteiger partial charge on any atom is 0.247 e. The van der Waals surface area contributed by atoms with Crippen LogP contribution in [-0.4, -0.2) is 17.6 Å². The number of hydrogen-bond donors (Lipinski definition) is 0. The van der Waals surface area contributed by atoms with Crippen molar-refractivity contribution in [1.29, 1.82) is 0 Å². The lowest BCUT2D eigenvalue weighted by molar-refractivity contribution is -0.137. The standard InChI is InChI=1S/C14H15NO3/c1-3-14(10(2)16)9-12(17)15(13(14)18)11-7-5-4-6-8-11/h4-8H,3,9H2,1-2H3. The molecule has 1 atom stereocenters. The van der Waals surface area contributed by atoms with Gasteiger partial charge in [-0.15, -0.1) is 0 Å². The molecule has 4 nitrogen and oxygen atoms in total. The van der Waals surface area contributed by atoms with E-state index in [9.17, 15) is 14.4 Å². The number of anilines is 1. The molecule has 94 valence electrons. The number of imide groups is 1. The van der Waals surface area contributed by atoms with Crippen LogP contribution in [0.15, 0.2) is 30.3 Å². The molecule has 0 aromatic heterocycles. The second-order valence-corrected chi connectivity index (χ2v) is 4.54. The Morgan fingerprint density at radius 1 is 1.28 bits per heavy atom. The fourth-order valence-electron chi connectivity index (χ4n) is 2.38. The van der Waals surface area contributed by atoms with Crippen LogP contribution >= 0.6 is 0 Å². The molecule has 4 heteroatoms. The van der Waals surface area contributed by atoms with E-state index in [1.54, 1.807) is 31.2 Å². The van der Waals surface area contributed by atoms with Crippen LogP contribution in [0.1, 0.15) is 26.7 Å². The highest BCUT2D eigenvalue weighted by Crippen LogP contribution is 2.39. The molecule has 2 rings (SSSR count). The molecule has 1 fully saturated rings. The van der Waals surface area contributed by atoms with Gasteiger partial charge in [-0.25, -0.2) is 4.90 Å². The Kier molecular flexibility index (Phi) is 3.03. The lowest BCUT2D eigenvalue weighted by Crippen LogP contribution is -2.39. The average Bonchev–Trinajstić information content (AvgIpc) is 2.62. The summed E-state index contributed by atoms with van der Waals surface area (Å²) in [4.78, 5) is 37.3.